The molecule has 4 rings (SSSR count). The second-order valence-corrected chi connectivity index (χ2v) is 6.44. The van der Waals surface area contributed by atoms with E-state index in [0.29, 0.717) is 12.2 Å². The van der Waals surface area contributed by atoms with Gasteiger partial charge in [0.15, 0.2) is 0 Å². The monoisotopic (exact) mass is 358 g/mol. The molecule has 1 unspecified atom stereocenters. The van der Waals surface area contributed by atoms with Crippen molar-refractivity contribution in [1.29, 1.82) is 0 Å². The minimum Gasteiger partial charge on any atom is -0.496 e. The van der Waals surface area contributed by atoms with Gasteiger partial charge in [-0.25, -0.2) is 0 Å². The number of Topliss-reactive ketones (excluding diaryl/α,β-unsaturated/α-hetero) is 1. The third-order valence-electron chi connectivity index (χ3n) is 5.36. The summed E-state index contributed by atoms with van der Waals surface area (Å²) in [6, 6.07) is 6.35. The Kier molecular flexibility index (Phi) is 7.27. The number of aromatic nitrogens is 1. The zero-order valence-electron chi connectivity index (χ0n) is 17.2. The highest BCUT2D eigenvalue weighted by Gasteiger charge is 2.38. The van der Waals surface area contributed by atoms with Gasteiger partial charge >= 0.3 is 0 Å². The molecule has 0 bridgehead atoms. The lowest BCUT2D eigenvalue weighted by Gasteiger charge is -2.41. The van der Waals surface area contributed by atoms with E-state index in [0.717, 1.165) is 37.2 Å². The molecule has 1 N–H and O–H groups in total. The maximum atomic E-state index is 12.4. The SMILES string of the molecule is CC.CC.CC[C@H]1CN2CCc3c([nH]c4cccc(OC)c34)C2CC1=O. The number of fused-ring (bicyclic) bond motifs is 5. The van der Waals surface area contributed by atoms with Gasteiger partial charge in [-0.1, -0.05) is 40.7 Å². The van der Waals surface area contributed by atoms with Crippen molar-refractivity contribution in [3.8, 4) is 5.75 Å². The molecule has 1 aromatic heterocycles. The molecule has 144 valence electrons. The van der Waals surface area contributed by atoms with Crippen LogP contribution in [0.4, 0.5) is 0 Å². The number of piperidine rings is 1. The van der Waals surface area contributed by atoms with Crippen LogP contribution in [0.1, 0.15) is 64.8 Å². The van der Waals surface area contributed by atoms with E-state index in [1.807, 2.05) is 39.8 Å². The number of nitrogens with zero attached hydrogens (tertiary/aromatic N) is 1. The number of hydrogen-bond donors (Lipinski definition) is 1. The number of carbonyl (C=O) groups is 1. The molecule has 0 amide bonds. The molecule has 1 aromatic carbocycles. The molecule has 1 fully saturated rings. The Morgan fingerprint density at radius 3 is 2.62 bits per heavy atom. The smallest absolute Gasteiger partial charge is 0.139 e. The average Bonchev–Trinajstić information content (AvgIpc) is 3.10. The van der Waals surface area contributed by atoms with Crippen molar-refractivity contribution >= 4 is 16.7 Å². The molecule has 26 heavy (non-hydrogen) atoms. The zero-order chi connectivity index (χ0) is 19.3. The summed E-state index contributed by atoms with van der Waals surface area (Å²) in [6.45, 7) is 12.1. The lowest BCUT2D eigenvalue weighted by molar-refractivity contribution is -0.128. The van der Waals surface area contributed by atoms with Gasteiger partial charge in [0.2, 0.25) is 0 Å². The van der Waals surface area contributed by atoms with Crippen molar-refractivity contribution in [2.45, 2.75) is 59.9 Å². The normalized spacial score (nSPS) is 21.7. The van der Waals surface area contributed by atoms with Gasteiger partial charge < -0.3 is 9.72 Å². The number of aromatic amines is 1. The molecule has 2 aliphatic heterocycles. The van der Waals surface area contributed by atoms with Gasteiger partial charge in [-0.3, -0.25) is 9.69 Å². The molecule has 3 heterocycles. The first-order valence-electron chi connectivity index (χ1n) is 10.2. The Morgan fingerprint density at radius 2 is 1.96 bits per heavy atom. The summed E-state index contributed by atoms with van der Waals surface area (Å²) in [4.78, 5) is 18.4. The number of H-pyrrole nitrogens is 1. The third kappa shape index (κ3) is 3.52. The number of hydrogen-bond acceptors (Lipinski definition) is 3. The Balaban J connectivity index is 0.000000570. The van der Waals surface area contributed by atoms with Gasteiger partial charge in [0.25, 0.3) is 0 Å². The predicted octanol–water partition coefficient (Wildman–Crippen LogP) is 5.13. The number of methoxy groups -OCH3 is 1. The highest BCUT2D eigenvalue weighted by molar-refractivity contribution is 5.91. The summed E-state index contributed by atoms with van der Waals surface area (Å²) >= 11 is 0. The third-order valence-corrected chi connectivity index (χ3v) is 5.36. The molecule has 0 radical (unpaired) electrons. The van der Waals surface area contributed by atoms with E-state index >= 15 is 0 Å². The maximum absolute atomic E-state index is 12.4. The Labute approximate surface area is 157 Å². The van der Waals surface area contributed by atoms with E-state index in [1.54, 1.807) is 7.11 Å². The highest BCUT2D eigenvalue weighted by Crippen LogP contribution is 2.42. The summed E-state index contributed by atoms with van der Waals surface area (Å²) in [6.07, 6.45) is 2.62. The number of nitrogens with one attached hydrogen (secondary N) is 1. The van der Waals surface area contributed by atoms with Crippen molar-refractivity contribution in [2.24, 2.45) is 5.92 Å². The summed E-state index contributed by atoms with van der Waals surface area (Å²) in [5.41, 5.74) is 3.70. The molecular formula is C22H34N2O2. The number of carbonyl (C=O) groups excluding carboxylic acids is 1. The minimum atomic E-state index is 0.219. The molecule has 0 saturated carbocycles. The Morgan fingerprint density at radius 1 is 1.23 bits per heavy atom. The van der Waals surface area contributed by atoms with Crippen LogP contribution in [0.15, 0.2) is 18.2 Å². The van der Waals surface area contributed by atoms with Crippen LogP contribution in [-0.2, 0) is 11.2 Å². The molecule has 1 saturated heterocycles. The van der Waals surface area contributed by atoms with Gasteiger partial charge in [-0.05, 0) is 30.5 Å². The van der Waals surface area contributed by atoms with Crippen molar-refractivity contribution in [3.63, 3.8) is 0 Å². The van der Waals surface area contributed by atoms with Crippen LogP contribution < -0.4 is 4.74 Å². The first kappa shape index (κ1) is 20.5. The average molecular weight is 359 g/mol. The van der Waals surface area contributed by atoms with E-state index in [1.165, 1.54) is 16.6 Å². The summed E-state index contributed by atoms with van der Waals surface area (Å²) in [5.74, 6) is 1.57. The second kappa shape index (κ2) is 9.22. The highest BCUT2D eigenvalue weighted by atomic mass is 16.5. The quantitative estimate of drug-likeness (QED) is 0.810. The van der Waals surface area contributed by atoms with Crippen LogP contribution in [0, 0.1) is 5.92 Å². The van der Waals surface area contributed by atoms with Crippen molar-refractivity contribution in [2.75, 3.05) is 20.2 Å². The largest absolute Gasteiger partial charge is 0.496 e. The maximum Gasteiger partial charge on any atom is 0.139 e. The van der Waals surface area contributed by atoms with Gasteiger partial charge in [-0.15, -0.1) is 0 Å². The summed E-state index contributed by atoms with van der Waals surface area (Å²) in [5, 5.41) is 1.20. The van der Waals surface area contributed by atoms with Crippen LogP contribution in [0.5, 0.6) is 5.75 Å². The Bertz CT molecular complexity index is 735. The number of rotatable bonds is 2. The van der Waals surface area contributed by atoms with Gasteiger partial charge in [0.05, 0.1) is 13.2 Å². The zero-order valence-corrected chi connectivity index (χ0v) is 17.2. The van der Waals surface area contributed by atoms with E-state index in [-0.39, 0.29) is 12.0 Å². The van der Waals surface area contributed by atoms with Crippen molar-refractivity contribution < 1.29 is 9.53 Å². The van der Waals surface area contributed by atoms with Crippen LogP contribution >= 0.6 is 0 Å². The van der Waals surface area contributed by atoms with E-state index in [9.17, 15) is 4.79 Å². The lowest BCUT2D eigenvalue weighted by atomic mass is 9.84. The number of benzene rings is 1. The topological polar surface area (TPSA) is 45.3 Å². The Hall–Kier alpha value is -1.81. The fourth-order valence-electron chi connectivity index (χ4n) is 4.16. The molecule has 4 nitrogen and oxygen atoms in total. The number of ether oxygens (including phenoxy) is 1. The van der Waals surface area contributed by atoms with Crippen LogP contribution in [-0.4, -0.2) is 35.9 Å². The van der Waals surface area contributed by atoms with Crippen LogP contribution in [0.25, 0.3) is 10.9 Å². The molecule has 2 aromatic rings. The van der Waals surface area contributed by atoms with E-state index in [2.05, 4.69) is 22.9 Å². The molecular weight excluding hydrogens is 324 g/mol. The van der Waals surface area contributed by atoms with Gasteiger partial charge in [-0.2, -0.15) is 0 Å². The molecule has 2 atom stereocenters. The van der Waals surface area contributed by atoms with Crippen molar-refractivity contribution in [3.05, 3.63) is 29.5 Å². The van der Waals surface area contributed by atoms with Gasteiger partial charge in [0, 0.05) is 42.0 Å². The lowest BCUT2D eigenvalue weighted by Crippen LogP contribution is -2.46. The molecule has 0 spiro atoms. The summed E-state index contributed by atoms with van der Waals surface area (Å²) < 4.78 is 5.54. The number of ketones is 1. The predicted molar refractivity (Wildman–Crippen MR) is 109 cm³/mol. The van der Waals surface area contributed by atoms with E-state index in [4.69, 9.17) is 4.74 Å². The first-order valence-corrected chi connectivity index (χ1v) is 10.2. The van der Waals surface area contributed by atoms with Crippen LogP contribution in [0.2, 0.25) is 0 Å². The molecule has 4 heteroatoms. The fourth-order valence-corrected chi connectivity index (χ4v) is 4.16. The minimum absolute atomic E-state index is 0.219. The fraction of sp³-hybridized carbons (Fsp3) is 0.591. The second-order valence-electron chi connectivity index (χ2n) is 6.44. The standard InChI is InChI=1S/C18H22N2O2.2C2H6/c1-3-11-10-20-8-7-12-17-13(5-4-6-16(17)22-2)19-18(12)14(20)9-15(11)21;2*1-2/h4-6,11,14,19H,3,7-10H2,1-2H3;2*1-2H3/t11-,14?;;/m0../s1. The van der Waals surface area contributed by atoms with Crippen LogP contribution in [0.3, 0.4) is 0 Å². The molecule has 2 aliphatic rings. The first-order chi connectivity index (χ1) is 12.7. The van der Waals surface area contributed by atoms with E-state index < -0.39 is 0 Å². The van der Waals surface area contributed by atoms with Gasteiger partial charge in [0.1, 0.15) is 11.5 Å². The molecule has 0 aliphatic carbocycles. The summed E-state index contributed by atoms with van der Waals surface area (Å²) in [7, 11) is 1.72. The van der Waals surface area contributed by atoms with Crippen molar-refractivity contribution in [1.82, 2.24) is 9.88 Å².